The zero-order chi connectivity index (χ0) is 17.4. The zero-order valence-electron chi connectivity index (χ0n) is 14.3. The molecule has 0 radical (unpaired) electrons. The summed E-state index contributed by atoms with van der Waals surface area (Å²) in [6, 6.07) is 7.45. The number of carbonyl (C=O) groups is 2. The average molecular weight is 397 g/mol. The van der Waals surface area contributed by atoms with Gasteiger partial charge in [-0.1, -0.05) is 18.6 Å². The lowest BCUT2D eigenvalue weighted by atomic mass is 10.1. The molecule has 0 saturated carbocycles. The van der Waals surface area contributed by atoms with Crippen LogP contribution in [0, 0.1) is 0 Å². The SMILES string of the molecule is CN(CC(=O)Nc1ccccc1Br)C(=O)C[NH+]1CCCCCCC1. The second kappa shape index (κ2) is 9.79. The fourth-order valence-corrected chi connectivity index (χ4v) is 3.37. The maximum atomic E-state index is 12.4. The molecule has 1 aliphatic rings. The van der Waals surface area contributed by atoms with Gasteiger partial charge in [-0.2, -0.15) is 0 Å². The molecule has 1 aliphatic heterocycles. The van der Waals surface area contributed by atoms with Crippen LogP contribution < -0.4 is 10.2 Å². The van der Waals surface area contributed by atoms with Gasteiger partial charge in [-0.3, -0.25) is 9.59 Å². The molecule has 24 heavy (non-hydrogen) atoms. The van der Waals surface area contributed by atoms with E-state index in [9.17, 15) is 9.59 Å². The molecule has 0 aliphatic carbocycles. The highest BCUT2D eigenvalue weighted by Crippen LogP contribution is 2.20. The van der Waals surface area contributed by atoms with E-state index in [2.05, 4.69) is 21.2 Å². The number of quaternary nitrogens is 1. The predicted molar refractivity (Wildman–Crippen MR) is 99.1 cm³/mol. The lowest BCUT2D eigenvalue weighted by molar-refractivity contribution is -0.893. The van der Waals surface area contributed by atoms with E-state index in [1.54, 1.807) is 7.05 Å². The standard InChI is InChI=1S/C18H26BrN3O2/c1-21(13-17(23)20-16-10-6-5-9-15(16)19)18(24)14-22-11-7-3-2-4-8-12-22/h5-6,9-10H,2-4,7-8,11-14H2,1H3,(H,20,23)/p+1. The second-order valence-electron chi connectivity index (χ2n) is 6.47. The number of amides is 2. The van der Waals surface area contributed by atoms with Crippen LogP contribution in [0.4, 0.5) is 5.69 Å². The molecule has 132 valence electrons. The van der Waals surface area contributed by atoms with Crippen LogP contribution in [0.3, 0.4) is 0 Å². The van der Waals surface area contributed by atoms with Gasteiger partial charge in [-0.05, 0) is 53.7 Å². The molecule has 1 fully saturated rings. The van der Waals surface area contributed by atoms with E-state index in [1.807, 2.05) is 24.3 Å². The van der Waals surface area contributed by atoms with Crippen LogP contribution in [0.5, 0.6) is 0 Å². The number of halogens is 1. The minimum absolute atomic E-state index is 0.0350. The van der Waals surface area contributed by atoms with Gasteiger partial charge in [0.25, 0.3) is 5.91 Å². The van der Waals surface area contributed by atoms with E-state index < -0.39 is 0 Å². The first-order chi connectivity index (χ1) is 11.6. The lowest BCUT2D eigenvalue weighted by Gasteiger charge is -2.24. The third-order valence-electron chi connectivity index (χ3n) is 4.42. The third kappa shape index (κ3) is 6.24. The van der Waals surface area contributed by atoms with Crippen molar-refractivity contribution in [3.8, 4) is 0 Å². The summed E-state index contributed by atoms with van der Waals surface area (Å²) < 4.78 is 0.831. The molecule has 0 aromatic heterocycles. The third-order valence-corrected chi connectivity index (χ3v) is 5.11. The van der Waals surface area contributed by atoms with Crippen LogP contribution in [0.25, 0.3) is 0 Å². The summed E-state index contributed by atoms with van der Waals surface area (Å²) >= 11 is 3.40. The number of nitrogens with zero attached hydrogens (tertiary/aromatic N) is 1. The van der Waals surface area contributed by atoms with Gasteiger partial charge >= 0.3 is 0 Å². The fraction of sp³-hybridized carbons (Fsp3) is 0.556. The van der Waals surface area contributed by atoms with Crippen molar-refractivity contribution >= 4 is 33.4 Å². The van der Waals surface area contributed by atoms with Gasteiger partial charge in [0.15, 0.2) is 6.54 Å². The molecular formula is C18H27BrN3O2+. The Hall–Kier alpha value is -1.40. The Balaban J connectivity index is 1.79. The number of carbonyl (C=O) groups excluding carboxylic acids is 2. The largest absolute Gasteiger partial charge is 0.332 e. The maximum absolute atomic E-state index is 12.4. The molecule has 0 bridgehead atoms. The molecule has 1 aromatic carbocycles. The van der Waals surface area contributed by atoms with Gasteiger partial charge in [0, 0.05) is 11.5 Å². The lowest BCUT2D eigenvalue weighted by Crippen LogP contribution is -3.13. The molecule has 1 aromatic rings. The van der Waals surface area contributed by atoms with Crippen molar-refractivity contribution < 1.29 is 14.5 Å². The van der Waals surface area contributed by atoms with Crippen LogP contribution in [-0.4, -0.2) is 49.9 Å². The van der Waals surface area contributed by atoms with Crippen molar-refractivity contribution in [2.45, 2.75) is 32.1 Å². The van der Waals surface area contributed by atoms with Gasteiger partial charge in [0.1, 0.15) is 0 Å². The van der Waals surface area contributed by atoms with Gasteiger partial charge < -0.3 is 15.1 Å². The first-order valence-corrected chi connectivity index (χ1v) is 9.47. The number of likely N-dealkylation sites (tertiary alicyclic amines) is 1. The van der Waals surface area contributed by atoms with Crippen LogP contribution in [0.2, 0.25) is 0 Å². The molecule has 5 nitrogen and oxygen atoms in total. The summed E-state index contributed by atoms with van der Waals surface area (Å²) in [4.78, 5) is 27.4. The Morgan fingerprint density at radius 1 is 1.12 bits per heavy atom. The van der Waals surface area contributed by atoms with Crippen molar-refractivity contribution in [1.29, 1.82) is 0 Å². The highest BCUT2D eigenvalue weighted by Gasteiger charge is 2.20. The van der Waals surface area contributed by atoms with Crippen molar-refractivity contribution in [2.75, 3.05) is 38.5 Å². The van der Waals surface area contributed by atoms with E-state index in [4.69, 9.17) is 0 Å². The van der Waals surface area contributed by atoms with E-state index in [0.717, 1.165) is 23.2 Å². The Labute approximate surface area is 152 Å². The van der Waals surface area contributed by atoms with E-state index in [0.29, 0.717) is 6.54 Å². The van der Waals surface area contributed by atoms with Crippen LogP contribution in [-0.2, 0) is 9.59 Å². The van der Waals surface area contributed by atoms with Gasteiger partial charge in [-0.25, -0.2) is 0 Å². The quantitative estimate of drug-likeness (QED) is 0.795. The molecular weight excluding hydrogens is 370 g/mol. The predicted octanol–water partition coefficient (Wildman–Crippen LogP) is 1.69. The van der Waals surface area contributed by atoms with E-state index in [-0.39, 0.29) is 18.4 Å². The van der Waals surface area contributed by atoms with Crippen molar-refractivity contribution in [3.05, 3.63) is 28.7 Å². The average Bonchev–Trinajstić information content (AvgIpc) is 2.52. The zero-order valence-corrected chi connectivity index (χ0v) is 15.9. The first-order valence-electron chi connectivity index (χ1n) is 8.68. The number of likely N-dealkylation sites (N-methyl/N-ethyl adjacent to an activating group) is 1. The Kier molecular flexibility index (Phi) is 7.72. The molecule has 2 rings (SSSR count). The number of nitrogens with one attached hydrogen (secondary N) is 2. The van der Waals surface area contributed by atoms with Crippen molar-refractivity contribution in [1.82, 2.24) is 4.90 Å². The van der Waals surface area contributed by atoms with Gasteiger partial charge in [0.05, 0.1) is 25.3 Å². The number of rotatable bonds is 5. The van der Waals surface area contributed by atoms with Crippen molar-refractivity contribution in [2.24, 2.45) is 0 Å². The highest BCUT2D eigenvalue weighted by molar-refractivity contribution is 9.10. The first kappa shape index (κ1) is 18.9. The highest BCUT2D eigenvalue weighted by atomic mass is 79.9. The Bertz CT molecular complexity index is 557. The molecule has 0 unspecified atom stereocenters. The number of anilines is 1. The van der Waals surface area contributed by atoms with Crippen molar-refractivity contribution in [3.63, 3.8) is 0 Å². The minimum atomic E-state index is -0.180. The molecule has 1 heterocycles. The number of para-hydroxylation sites is 1. The Morgan fingerprint density at radius 3 is 2.42 bits per heavy atom. The molecule has 2 amide bonds. The molecule has 2 N–H and O–H groups in total. The number of hydrogen-bond acceptors (Lipinski definition) is 2. The summed E-state index contributed by atoms with van der Waals surface area (Å²) in [5, 5.41) is 2.83. The maximum Gasteiger partial charge on any atom is 0.277 e. The summed E-state index contributed by atoms with van der Waals surface area (Å²) in [6.07, 6.45) is 6.23. The van der Waals surface area contributed by atoms with Crippen LogP contribution in [0.1, 0.15) is 32.1 Å². The summed E-state index contributed by atoms with van der Waals surface area (Å²) in [6.45, 7) is 2.68. The van der Waals surface area contributed by atoms with Crippen LogP contribution >= 0.6 is 15.9 Å². The smallest absolute Gasteiger partial charge is 0.277 e. The summed E-state index contributed by atoms with van der Waals surface area (Å²) in [5.74, 6) is -0.145. The summed E-state index contributed by atoms with van der Waals surface area (Å²) in [7, 11) is 1.70. The molecule has 6 heteroatoms. The monoisotopic (exact) mass is 396 g/mol. The molecule has 0 atom stereocenters. The van der Waals surface area contributed by atoms with Gasteiger partial charge in [-0.15, -0.1) is 0 Å². The van der Waals surface area contributed by atoms with Crippen LogP contribution in [0.15, 0.2) is 28.7 Å². The molecule has 1 saturated heterocycles. The fourth-order valence-electron chi connectivity index (χ4n) is 2.99. The Morgan fingerprint density at radius 2 is 1.75 bits per heavy atom. The minimum Gasteiger partial charge on any atom is -0.332 e. The molecule has 0 spiro atoms. The number of hydrogen-bond donors (Lipinski definition) is 2. The topological polar surface area (TPSA) is 53.9 Å². The summed E-state index contributed by atoms with van der Waals surface area (Å²) in [5.41, 5.74) is 0.720. The van der Waals surface area contributed by atoms with E-state index >= 15 is 0 Å². The normalized spacial score (nSPS) is 16.1. The van der Waals surface area contributed by atoms with Gasteiger partial charge in [0.2, 0.25) is 5.91 Å². The second-order valence-corrected chi connectivity index (χ2v) is 7.33. The number of benzene rings is 1. The van der Waals surface area contributed by atoms with E-state index in [1.165, 1.54) is 41.9 Å².